The highest BCUT2D eigenvalue weighted by Crippen LogP contribution is 2.32. The maximum atomic E-state index is 13.4. The Balaban J connectivity index is 1.67. The van der Waals surface area contributed by atoms with Crippen molar-refractivity contribution < 1.29 is 4.79 Å². The van der Waals surface area contributed by atoms with Gasteiger partial charge >= 0.3 is 0 Å². The van der Waals surface area contributed by atoms with E-state index in [4.69, 9.17) is 0 Å². The number of benzene rings is 1. The topological polar surface area (TPSA) is 61.0 Å². The van der Waals surface area contributed by atoms with E-state index in [0.717, 1.165) is 50.2 Å². The Morgan fingerprint density at radius 2 is 2.20 bits per heavy atom. The van der Waals surface area contributed by atoms with Gasteiger partial charge in [0.25, 0.3) is 5.91 Å². The number of rotatable bonds is 2. The Morgan fingerprint density at radius 1 is 1.28 bits per heavy atom. The van der Waals surface area contributed by atoms with E-state index in [2.05, 4.69) is 51.6 Å². The summed E-state index contributed by atoms with van der Waals surface area (Å²) in [4.78, 5) is 15.4. The lowest BCUT2D eigenvalue weighted by molar-refractivity contribution is 0.0673. The fourth-order valence-corrected chi connectivity index (χ4v) is 4.11. The average molecular weight is 338 g/mol. The largest absolute Gasteiger partial charge is 0.330 e. The van der Waals surface area contributed by atoms with Crippen LogP contribution in [0, 0.1) is 6.92 Å². The van der Waals surface area contributed by atoms with E-state index < -0.39 is 0 Å². The van der Waals surface area contributed by atoms with Crippen molar-refractivity contribution in [1.29, 1.82) is 0 Å². The van der Waals surface area contributed by atoms with Gasteiger partial charge in [-0.2, -0.15) is 5.10 Å². The summed E-state index contributed by atoms with van der Waals surface area (Å²) in [6.07, 6.45) is 5.37. The van der Waals surface area contributed by atoms with E-state index in [9.17, 15) is 4.79 Å². The van der Waals surface area contributed by atoms with Crippen molar-refractivity contribution in [3.63, 3.8) is 0 Å². The number of nitrogens with zero attached hydrogens (tertiary/aromatic N) is 2. The van der Waals surface area contributed by atoms with Gasteiger partial charge in [-0.3, -0.25) is 9.89 Å². The Kier molecular flexibility index (Phi) is 4.57. The number of amides is 1. The van der Waals surface area contributed by atoms with Crippen molar-refractivity contribution in [3.05, 3.63) is 52.3 Å². The minimum Gasteiger partial charge on any atom is -0.330 e. The van der Waals surface area contributed by atoms with Gasteiger partial charge in [0.1, 0.15) is 0 Å². The van der Waals surface area contributed by atoms with Gasteiger partial charge in [0.2, 0.25) is 0 Å². The van der Waals surface area contributed by atoms with Gasteiger partial charge in [-0.25, -0.2) is 0 Å². The second kappa shape index (κ2) is 7.00. The second-order valence-electron chi connectivity index (χ2n) is 7.23. The summed E-state index contributed by atoms with van der Waals surface area (Å²) >= 11 is 0. The van der Waals surface area contributed by atoms with Crippen LogP contribution in [0.2, 0.25) is 0 Å². The SMILES string of the molecule is Cc1cccc(C2CCCCCN2C(=O)c2n[nH]c3c2CNCC3)c1. The number of aromatic nitrogens is 2. The van der Waals surface area contributed by atoms with Crippen molar-refractivity contribution >= 4 is 5.91 Å². The Hall–Kier alpha value is -2.14. The van der Waals surface area contributed by atoms with E-state index in [0.29, 0.717) is 5.69 Å². The molecule has 25 heavy (non-hydrogen) atoms. The lowest BCUT2D eigenvalue weighted by Gasteiger charge is -2.30. The zero-order chi connectivity index (χ0) is 17.2. The molecule has 1 unspecified atom stereocenters. The first-order valence-electron chi connectivity index (χ1n) is 9.38. The summed E-state index contributed by atoms with van der Waals surface area (Å²) in [6, 6.07) is 8.74. The lowest BCUT2D eigenvalue weighted by atomic mass is 9.98. The molecule has 4 rings (SSSR count). The molecule has 2 aliphatic heterocycles. The van der Waals surface area contributed by atoms with Gasteiger partial charge in [0, 0.05) is 37.3 Å². The third-order valence-electron chi connectivity index (χ3n) is 5.45. The Bertz CT molecular complexity index is 767. The first kappa shape index (κ1) is 16.3. The van der Waals surface area contributed by atoms with Crippen LogP contribution in [0.5, 0.6) is 0 Å². The predicted molar refractivity (Wildman–Crippen MR) is 97.4 cm³/mol. The number of carbonyl (C=O) groups excluding carboxylic acids is 1. The molecule has 0 saturated carbocycles. The molecule has 2 N–H and O–H groups in total. The van der Waals surface area contributed by atoms with E-state index in [1.165, 1.54) is 24.0 Å². The van der Waals surface area contributed by atoms with Crippen molar-refractivity contribution in [2.75, 3.05) is 13.1 Å². The fourth-order valence-electron chi connectivity index (χ4n) is 4.11. The molecule has 2 aliphatic rings. The summed E-state index contributed by atoms with van der Waals surface area (Å²) in [5, 5.41) is 10.8. The van der Waals surface area contributed by atoms with E-state index in [1.807, 2.05) is 0 Å². The Morgan fingerprint density at radius 3 is 3.08 bits per heavy atom. The normalized spacial score (nSPS) is 20.8. The molecule has 0 bridgehead atoms. The number of fused-ring (bicyclic) bond motifs is 1. The first-order valence-corrected chi connectivity index (χ1v) is 9.38. The molecule has 1 aromatic heterocycles. The monoisotopic (exact) mass is 338 g/mol. The van der Waals surface area contributed by atoms with Crippen LogP contribution in [-0.4, -0.2) is 34.1 Å². The number of H-pyrrole nitrogens is 1. The predicted octanol–water partition coefficient (Wildman–Crippen LogP) is 3.12. The highest BCUT2D eigenvalue weighted by Gasteiger charge is 2.31. The van der Waals surface area contributed by atoms with Crippen LogP contribution in [0.3, 0.4) is 0 Å². The molecule has 1 atom stereocenters. The highest BCUT2D eigenvalue weighted by atomic mass is 16.2. The van der Waals surface area contributed by atoms with Crippen molar-refractivity contribution in [1.82, 2.24) is 20.4 Å². The molecular formula is C20H26N4O. The minimum absolute atomic E-state index is 0.0783. The Labute approximate surface area is 148 Å². The summed E-state index contributed by atoms with van der Waals surface area (Å²) in [6.45, 7) is 4.60. The van der Waals surface area contributed by atoms with Crippen LogP contribution in [0.15, 0.2) is 24.3 Å². The van der Waals surface area contributed by atoms with Gasteiger partial charge in [0.15, 0.2) is 5.69 Å². The molecule has 132 valence electrons. The smallest absolute Gasteiger partial charge is 0.275 e. The minimum atomic E-state index is 0.0783. The van der Waals surface area contributed by atoms with E-state index >= 15 is 0 Å². The maximum Gasteiger partial charge on any atom is 0.275 e. The number of nitrogens with one attached hydrogen (secondary N) is 2. The number of aromatic amines is 1. The molecule has 0 radical (unpaired) electrons. The zero-order valence-electron chi connectivity index (χ0n) is 14.8. The van der Waals surface area contributed by atoms with Gasteiger partial charge in [-0.05, 0) is 25.3 Å². The molecule has 1 amide bonds. The zero-order valence-corrected chi connectivity index (χ0v) is 14.8. The second-order valence-corrected chi connectivity index (χ2v) is 7.23. The molecule has 1 fully saturated rings. The van der Waals surface area contributed by atoms with Crippen molar-refractivity contribution in [2.45, 2.75) is 51.6 Å². The lowest BCUT2D eigenvalue weighted by Crippen LogP contribution is -2.36. The van der Waals surface area contributed by atoms with Gasteiger partial charge < -0.3 is 10.2 Å². The van der Waals surface area contributed by atoms with Crippen molar-refractivity contribution in [2.24, 2.45) is 0 Å². The molecule has 1 saturated heterocycles. The number of aryl methyl sites for hydroxylation is 1. The van der Waals surface area contributed by atoms with Crippen LogP contribution < -0.4 is 5.32 Å². The van der Waals surface area contributed by atoms with Crippen LogP contribution >= 0.6 is 0 Å². The summed E-state index contributed by atoms with van der Waals surface area (Å²) in [7, 11) is 0. The third-order valence-corrected chi connectivity index (χ3v) is 5.45. The number of hydrogen-bond acceptors (Lipinski definition) is 3. The van der Waals surface area contributed by atoms with Crippen LogP contribution in [-0.2, 0) is 13.0 Å². The van der Waals surface area contributed by atoms with Crippen LogP contribution in [0.25, 0.3) is 0 Å². The number of carbonyl (C=O) groups is 1. The summed E-state index contributed by atoms with van der Waals surface area (Å²) < 4.78 is 0. The molecule has 0 aliphatic carbocycles. The molecule has 5 nitrogen and oxygen atoms in total. The molecule has 3 heterocycles. The molecule has 0 spiro atoms. The number of likely N-dealkylation sites (tertiary alicyclic amines) is 1. The van der Waals surface area contributed by atoms with E-state index in [1.54, 1.807) is 0 Å². The van der Waals surface area contributed by atoms with Gasteiger partial charge in [-0.15, -0.1) is 0 Å². The summed E-state index contributed by atoms with van der Waals surface area (Å²) in [5.74, 6) is 0.0783. The maximum absolute atomic E-state index is 13.4. The highest BCUT2D eigenvalue weighted by molar-refractivity contribution is 5.94. The van der Waals surface area contributed by atoms with Crippen molar-refractivity contribution in [3.8, 4) is 0 Å². The molecular weight excluding hydrogens is 312 g/mol. The molecule has 2 aromatic rings. The van der Waals surface area contributed by atoms with Gasteiger partial charge in [-0.1, -0.05) is 42.7 Å². The van der Waals surface area contributed by atoms with Gasteiger partial charge in [0.05, 0.1) is 6.04 Å². The van der Waals surface area contributed by atoms with Crippen LogP contribution in [0.4, 0.5) is 0 Å². The number of hydrogen-bond donors (Lipinski definition) is 2. The molecule has 1 aromatic carbocycles. The standard InChI is InChI=1S/C20H26N4O/c1-14-6-5-7-15(12-14)18-8-3-2-4-11-24(18)20(25)19-16-13-21-10-9-17(16)22-23-19/h5-7,12,18,21H,2-4,8-11,13H2,1H3,(H,22,23). The summed E-state index contributed by atoms with van der Waals surface area (Å²) in [5.41, 5.74) is 5.28. The average Bonchev–Trinajstić information content (AvgIpc) is 2.90. The molecule has 5 heteroatoms. The van der Waals surface area contributed by atoms with Crippen LogP contribution in [0.1, 0.15) is 64.6 Å². The third kappa shape index (κ3) is 3.21. The van der Waals surface area contributed by atoms with E-state index in [-0.39, 0.29) is 11.9 Å². The first-order chi connectivity index (χ1) is 12.2. The fraction of sp³-hybridized carbons (Fsp3) is 0.500. The quantitative estimate of drug-likeness (QED) is 0.884.